The minimum Gasteiger partial charge on any atom is -0.744 e. The van der Waals surface area contributed by atoms with Crippen LogP contribution < -0.4 is 29.8 Å². The number of ether oxygens (including phenoxy) is 4. The van der Waals surface area contributed by atoms with Gasteiger partial charge in [-0.1, -0.05) is 12.1 Å². The molecule has 6 rings (SSSR count). The van der Waals surface area contributed by atoms with E-state index in [0.717, 1.165) is 24.7 Å². The number of hydrogen-bond donors (Lipinski definition) is 4. The monoisotopic (exact) mass is 1150 g/mol. The molecule has 26 nitrogen and oxygen atoms in total. The molecule has 368 valence electrons. The third-order valence-electron chi connectivity index (χ3n) is 8.03. The van der Waals surface area contributed by atoms with Crippen LogP contribution in [0.25, 0.3) is 44.2 Å². The van der Waals surface area contributed by atoms with E-state index in [1.54, 1.807) is 0 Å². The Bertz CT molecular complexity index is 2740. The van der Waals surface area contributed by atoms with Gasteiger partial charge in [0.05, 0.1) is 49.4 Å². The van der Waals surface area contributed by atoms with Crippen LogP contribution in [0.2, 0.25) is 0 Å². The number of phenolic OH excluding ortho intramolecular Hbond substituents is 4. The molecule has 4 aromatic carbocycles. The molecule has 2 heterocycles. The van der Waals surface area contributed by atoms with Crippen LogP contribution >= 0.6 is 31.9 Å². The number of methoxy groups -OCH3 is 4. The predicted molar refractivity (Wildman–Crippen MR) is 236 cm³/mol. The summed E-state index contributed by atoms with van der Waals surface area (Å²) in [6.07, 6.45) is 2.04. The zero-order valence-corrected chi connectivity index (χ0v) is 39.3. The Kier molecular flexibility index (Phi) is 27.4. The first-order chi connectivity index (χ1) is 26.2. The van der Waals surface area contributed by atoms with Crippen molar-refractivity contribution in [3.8, 4) is 68.2 Å². The molecule has 0 fully saturated rings. The van der Waals surface area contributed by atoms with Crippen molar-refractivity contribution in [3.63, 3.8) is 0 Å². The van der Waals surface area contributed by atoms with E-state index in [4.69, 9.17) is 27.8 Å². The molecular formula is C34H46Br2NiO26S2+6. The zero-order valence-electron chi connectivity index (χ0n) is 33.5. The van der Waals surface area contributed by atoms with Gasteiger partial charge >= 0.3 is 16.5 Å². The van der Waals surface area contributed by atoms with E-state index in [0.29, 0.717) is 0 Å². The van der Waals surface area contributed by atoms with Gasteiger partial charge < -0.3 is 101 Å². The van der Waals surface area contributed by atoms with Gasteiger partial charge in [0.15, 0.2) is 34.2 Å². The quantitative estimate of drug-likeness (QED) is 0.0722. The van der Waals surface area contributed by atoms with Crippen LogP contribution in [-0.2, 0) is 69.6 Å². The number of rotatable bonds is 8. The minimum atomic E-state index is -4.88. The maximum Gasteiger partial charge on any atom is 2.00 e. The number of aromatic hydroxyl groups is 4. The fraction of sp³-hybridized carbons (Fsp3) is 0.118. The Balaban J connectivity index is -0.000000324. The molecule has 0 spiro atoms. The predicted octanol–water partition coefficient (Wildman–Crippen LogP) is -2.07. The van der Waals surface area contributed by atoms with E-state index in [9.17, 15) is 56.0 Å². The maximum atomic E-state index is 13.0. The number of fused-ring (bicyclic) bond motifs is 2. The number of halogens is 2. The fourth-order valence-electron chi connectivity index (χ4n) is 5.42. The molecule has 0 atom stereocenters. The van der Waals surface area contributed by atoms with Crippen molar-refractivity contribution in [1.29, 1.82) is 0 Å². The first kappa shape index (κ1) is 68.7. The normalized spacial score (nSPS) is 9.97. The van der Waals surface area contributed by atoms with Gasteiger partial charge in [-0.25, -0.2) is 16.8 Å². The fourth-order valence-corrected chi connectivity index (χ4v) is 7.70. The van der Waals surface area contributed by atoms with Crippen molar-refractivity contribution in [1.82, 2.24) is 0 Å². The summed E-state index contributed by atoms with van der Waals surface area (Å²) in [6.45, 7) is 0. The van der Waals surface area contributed by atoms with E-state index >= 15 is 0 Å². The first-order valence-corrected chi connectivity index (χ1v) is 19.4. The Morgan fingerprint density at radius 2 is 0.831 bits per heavy atom. The molecule has 0 saturated carbocycles. The molecule has 6 aromatic rings. The summed E-state index contributed by atoms with van der Waals surface area (Å²) in [7, 11) is -4.99. The van der Waals surface area contributed by atoms with Crippen molar-refractivity contribution in [2.75, 3.05) is 28.4 Å². The molecule has 26 N–H and O–H groups in total. The Morgan fingerprint density at radius 1 is 0.538 bits per heavy atom. The number of benzene rings is 4. The van der Waals surface area contributed by atoms with Crippen LogP contribution in [0.4, 0.5) is 0 Å². The van der Waals surface area contributed by atoms with Gasteiger partial charge in [0.2, 0.25) is 22.4 Å². The van der Waals surface area contributed by atoms with Gasteiger partial charge in [0.1, 0.15) is 64.0 Å². The summed E-state index contributed by atoms with van der Waals surface area (Å²) in [5.74, 6) is -3.29. The second-order valence-corrected chi connectivity index (χ2v) is 15.4. The molecule has 65 heavy (non-hydrogen) atoms. The van der Waals surface area contributed by atoms with Gasteiger partial charge in [0.25, 0.3) is 0 Å². The van der Waals surface area contributed by atoms with Crippen molar-refractivity contribution in [2.45, 2.75) is 9.79 Å². The standard InChI is InChI=1S/2C17H13BrO9S.Ni.8H2O/c2*1-25-9-4-3-7(5-10(9)28(22,23)24)8-6-27-16-11(13(8)19)14(20)17(26-2)15(21)12(16)18;;;;;;;;;/h2*3-6,20-21H,1-2H3,(H,22,23,24);;8*1H2/q;;+2;;;;;;;;/p+4. The molecule has 0 aliphatic heterocycles. The molecule has 0 radical (unpaired) electrons. The third-order valence-corrected chi connectivity index (χ3v) is 11.2. The average Bonchev–Trinajstić information content (AvgIpc) is 3.15. The molecule has 0 bridgehead atoms. The first-order valence-electron chi connectivity index (χ1n) is 15.0. The summed E-state index contributed by atoms with van der Waals surface area (Å²) in [5, 5.41) is 40.1. The largest absolute Gasteiger partial charge is 2.00 e. The molecule has 0 aliphatic carbocycles. The second kappa shape index (κ2) is 26.0. The van der Waals surface area contributed by atoms with Gasteiger partial charge in [-0.15, -0.1) is 0 Å². The van der Waals surface area contributed by atoms with E-state index < -0.39 is 63.9 Å². The smallest absolute Gasteiger partial charge is 0.744 e. The Morgan fingerprint density at radius 3 is 1.08 bits per heavy atom. The molecule has 0 amide bonds. The second-order valence-electron chi connectivity index (χ2n) is 11.1. The topological polar surface area (TPSA) is 554 Å². The Hall–Kier alpha value is -5.35. The van der Waals surface area contributed by atoms with Gasteiger partial charge in [-0.05, 0) is 67.3 Å². The number of phenols is 4. The van der Waals surface area contributed by atoms with Crippen molar-refractivity contribution in [3.05, 3.63) is 78.3 Å². The number of hydrogen-bond acceptors (Lipinski definition) is 18. The summed E-state index contributed by atoms with van der Waals surface area (Å²) < 4.78 is 99.2. The van der Waals surface area contributed by atoms with Crippen LogP contribution in [0.15, 0.2) is 86.1 Å². The summed E-state index contributed by atoms with van der Waals surface area (Å²) in [6, 6.07) is 7.10. The van der Waals surface area contributed by atoms with Gasteiger partial charge in [-0.2, -0.15) is 0 Å². The summed E-state index contributed by atoms with van der Waals surface area (Å²) >= 11 is 6.13. The van der Waals surface area contributed by atoms with E-state index in [-0.39, 0.29) is 136 Å². The van der Waals surface area contributed by atoms with E-state index in [1.165, 1.54) is 52.7 Å². The third kappa shape index (κ3) is 12.5. The van der Waals surface area contributed by atoms with Crippen LogP contribution in [-0.4, -0.2) is 85.8 Å². The molecule has 0 unspecified atom stereocenters. The van der Waals surface area contributed by atoms with Crippen LogP contribution in [0.5, 0.6) is 46.0 Å². The van der Waals surface area contributed by atoms with E-state index in [1.807, 2.05) is 0 Å². The molecule has 31 heteroatoms. The maximum absolute atomic E-state index is 13.0. The van der Waals surface area contributed by atoms with E-state index in [2.05, 4.69) is 31.9 Å². The SMILES string of the molecule is COc1ccc(-c2coc3c(Br)c(O)c(OC)c(O)c3c2=O)cc1S(=O)(=O)[O-].COc1ccc(-c2coc3c(Br)c(O)c(OC)c(O)c3c2=O)cc1S(=O)(=O)[O-].O.O.[Ni+2].[OH3+].[OH3+].[OH3+].[OH3+].[OH3+].[OH3+]. The van der Waals surface area contributed by atoms with Crippen molar-refractivity contribution < 1.29 is 134 Å². The van der Waals surface area contributed by atoms with Gasteiger partial charge in [-0.3, -0.25) is 9.59 Å². The van der Waals surface area contributed by atoms with Crippen LogP contribution in [0.1, 0.15) is 0 Å². The molecule has 0 aliphatic rings. The Labute approximate surface area is 391 Å². The van der Waals surface area contributed by atoms with Crippen molar-refractivity contribution in [2.24, 2.45) is 0 Å². The molecule has 0 saturated heterocycles. The van der Waals surface area contributed by atoms with Crippen LogP contribution in [0, 0.1) is 0 Å². The molecular weight excluding hydrogens is 1110 g/mol. The minimum absolute atomic E-state index is 0. The van der Waals surface area contributed by atoms with Crippen LogP contribution in [0.3, 0.4) is 0 Å². The van der Waals surface area contributed by atoms with Crippen molar-refractivity contribution >= 4 is 74.0 Å². The molecule has 2 aromatic heterocycles. The summed E-state index contributed by atoms with van der Waals surface area (Å²) in [5.41, 5.74) is -1.93. The van der Waals surface area contributed by atoms with Gasteiger partial charge in [0, 0.05) is 0 Å². The average molecular weight is 1150 g/mol. The zero-order chi connectivity index (χ0) is 41.6. The summed E-state index contributed by atoms with van der Waals surface area (Å²) in [4.78, 5) is 24.6.